The van der Waals surface area contributed by atoms with Crippen LogP contribution in [0.1, 0.15) is 42.0 Å². The fourth-order valence-electron chi connectivity index (χ4n) is 3.65. The number of aryl methyl sites for hydroxylation is 4. The molecule has 3 rings (SSSR count). The van der Waals surface area contributed by atoms with Crippen LogP contribution >= 0.6 is 0 Å². The number of hydrogen-bond acceptors (Lipinski definition) is 0. The molecule has 0 heterocycles. The van der Waals surface area contributed by atoms with Gasteiger partial charge in [0, 0.05) is 5.56 Å². The van der Waals surface area contributed by atoms with Gasteiger partial charge in [0.2, 0.25) is 0 Å². The number of allylic oxidation sites excluding steroid dienone is 3. The van der Waals surface area contributed by atoms with E-state index in [1.807, 2.05) is 24.3 Å². The summed E-state index contributed by atoms with van der Waals surface area (Å²) in [7, 11) is 0. The Hall–Kier alpha value is -2.93. The van der Waals surface area contributed by atoms with Crippen molar-refractivity contribution >= 4 is 0 Å². The predicted molar refractivity (Wildman–Crippen MR) is 127 cm³/mol. The summed E-state index contributed by atoms with van der Waals surface area (Å²) in [4.78, 5) is 0. The van der Waals surface area contributed by atoms with Gasteiger partial charge in [-0.05, 0) is 79.3 Å². The molecule has 0 aliphatic carbocycles. The maximum Gasteiger partial charge on any atom is 0.131 e. The van der Waals surface area contributed by atoms with Gasteiger partial charge in [-0.2, -0.15) is 0 Å². The molecule has 0 aliphatic heterocycles. The molecular formula is C29H31F. The molecule has 1 heteroatoms. The average Bonchev–Trinajstić information content (AvgIpc) is 2.78. The van der Waals surface area contributed by atoms with E-state index in [2.05, 4.69) is 68.1 Å². The van der Waals surface area contributed by atoms with Crippen molar-refractivity contribution in [3.05, 3.63) is 120 Å². The largest absolute Gasteiger partial charge is 0.206 e. The molecule has 0 saturated carbocycles. The molecule has 0 bridgehead atoms. The van der Waals surface area contributed by atoms with Gasteiger partial charge in [-0.3, -0.25) is 0 Å². The molecule has 154 valence electrons. The molecule has 0 nitrogen and oxygen atoms in total. The van der Waals surface area contributed by atoms with Gasteiger partial charge in [0.15, 0.2) is 0 Å². The van der Waals surface area contributed by atoms with Crippen molar-refractivity contribution in [1.29, 1.82) is 0 Å². The first kappa shape index (κ1) is 21.8. The van der Waals surface area contributed by atoms with Crippen LogP contribution in [0.5, 0.6) is 0 Å². The Morgan fingerprint density at radius 1 is 0.700 bits per heavy atom. The number of benzene rings is 3. The monoisotopic (exact) mass is 398 g/mol. The first-order chi connectivity index (χ1) is 14.7. The summed E-state index contributed by atoms with van der Waals surface area (Å²) in [5.41, 5.74) is 6.54. The van der Waals surface area contributed by atoms with E-state index in [1.54, 1.807) is 6.07 Å². The minimum atomic E-state index is -0.148. The summed E-state index contributed by atoms with van der Waals surface area (Å²) < 4.78 is 14.7. The lowest BCUT2D eigenvalue weighted by Crippen LogP contribution is -1.94. The van der Waals surface area contributed by atoms with Gasteiger partial charge >= 0.3 is 0 Å². The zero-order chi connectivity index (χ0) is 21.2. The smallest absolute Gasteiger partial charge is 0.131 e. The second-order valence-corrected chi connectivity index (χ2v) is 7.76. The third-order valence-electron chi connectivity index (χ3n) is 5.50. The number of rotatable bonds is 10. The Balaban J connectivity index is 1.59. The normalized spacial score (nSPS) is 11.1. The molecular weight excluding hydrogens is 367 g/mol. The highest BCUT2D eigenvalue weighted by atomic mass is 19.1. The maximum absolute atomic E-state index is 14.7. The van der Waals surface area contributed by atoms with Crippen LogP contribution < -0.4 is 0 Å². The predicted octanol–water partition coefficient (Wildman–Crippen LogP) is 7.91. The van der Waals surface area contributed by atoms with Crippen LogP contribution in [0.4, 0.5) is 4.39 Å². The highest BCUT2D eigenvalue weighted by Gasteiger charge is 2.07. The summed E-state index contributed by atoms with van der Waals surface area (Å²) in [6.45, 7) is 5.82. The van der Waals surface area contributed by atoms with E-state index in [4.69, 9.17) is 0 Å². The van der Waals surface area contributed by atoms with Crippen LogP contribution in [0.25, 0.3) is 11.1 Å². The lowest BCUT2D eigenvalue weighted by atomic mass is 9.98. The highest BCUT2D eigenvalue weighted by molar-refractivity contribution is 5.64. The summed E-state index contributed by atoms with van der Waals surface area (Å²) in [5, 5.41) is 0. The summed E-state index contributed by atoms with van der Waals surface area (Å²) in [5.74, 6) is -0.148. The quantitative estimate of drug-likeness (QED) is 0.304. The summed E-state index contributed by atoms with van der Waals surface area (Å²) in [6, 6.07) is 22.6. The molecule has 0 radical (unpaired) electrons. The Morgan fingerprint density at radius 2 is 1.23 bits per heavy atom. The number of halogens is 1. The van der Waals surface area contributed by atoms with Crippen molar-refractivity contribution in [3.8, 4) is 11.1 Å². The van der Waals surface area contributed by atoms with Crippen molar-refractivity contribution in [3.63, 3.8) is 0 Å². The van der Waals surface area contributed by atoms with Gasteiger partial charge in [-0.1, -0.05) is 78.9 Å². The Bertz CT molecular complexity index is 962. The van der Waals surface area contributed by atoms with E-state index in [9.17, 15) is 4.39 Å². The number of hydrogen-bond donors (Lipinski definition) is 0. The second-order valence-electron chi connectivity index (χ2n) is 7.76. The average molecular weight is 399 g/mol. The third kappa shape index (κ3) is 6.29. The van der Waals surface area contributed by atoms with Crippen LogP contribution in [0.15, 0.2) is 91.5 Å². The molecule has 0 N–H and O–H groups in total. The van der Waals surface area contributed by atoms with Crippen molar-refractivity contribution in [2.45, 2.75) is 45.4 Å². The molecule has 3 aromatic carbocycles. The molecule has 0 saturated heterocycles. The zero-order valence-corrected chi connectivity index (χ0v) is 17.9. The molecule has 0 spiro atoms. The Kier molecular flexibility index (Phi) is 8.20. The molecule has 0 amide bonds. The minimum absolute atomic E-state index is 0.148. The van der Waals surface area contributed by atoms with Gasteiger partial charge in [0.05, 0.1) is 0 Å². The third-order valence-corrected chi connectivity index (χ3v) is 5.50. The molecule has 0 atom stereocenters. The topological polar surface area (TPSA) is 0 Å². The fraction of sp³-hybridized carbons (Fsp3) is 0.241. The van der Waals surface area contributed by atoms with Gasteiger partial charge < -0.3 is 0 Å². The standard InChI is InChI=1S/C29H31F/c1-3-5-7-9-24-10-12-25(13-11-24)14-15-26-18-21-28(29(30)22-26)27-19-16-23(17-20-27)8-6-4-2/h3-5,10-13,16-22H,2,6-9,14-15H2,1H3/b5-3+. The van der Waals surface area contributed by atoms with Gasteiger partial charge in [-0.25, -0.2) is 4.39 Å². The molecule has 30 heavy (non-hydrogen) atoms. The van der Waals surface area contributed by atoms with Crippen molar-refractivity contribution in [2.75, 3.05) is 0 Å². The summed E-state index contributed by atoms with van der Waals surface area (Å²) >= 11 is 0. The van der Waals surface area contributed by atoms with Gasteiger partial charge in [-0.15, -0.1) is 6.58 Å². The van der Waals surface area contributed by atoms with Crippen molar-refractivity contribution in [2.24, 2.45) is 0 Å². The first-order valence-electron chi connectivity index (χ1n) is 10.9. The summed E-state index contributed by atoms with van der Waals surface area (Å²) in [6.07, 6.45) is 12.1. The minimum Gasteiger partial charge on any atom is -0.206 e. The van der Waals surface area contributed by atoms with E-state index in [-0.39, 0.29) is 5.82 Å². The van der Waals surface area contributed by atoms with Gasteiger partial charge in [0.25, 0.3) is 0 Å². The maximum atomic E-state index is 14.7. The first-order valence-corrected chi connectivity index (χ1v) is 10.9. The van der Waals surface area contributed by atoms with Crippen LogP contribution in [-0.4, -0.2) is 0 Å². The second kappa shape index (κ2) is 11.3. The van der Waals surface area contributed by atoms with E-state index in [1.165, 1.54) is 16.7 Å². The Labute approximate surface area is 180 Å². The molecule has 0 fully saturated rings. The zero-order valence-electron chi connectivity index (χ0n) is 17.9. The molecule has 0 aliphatic rings. The lowest BCUT2D eigenvalue weighted by molar-refractivity contribution is 0.628. The molecule has 0 unspecified atom stereocenters. The van der Waals surface area contributed by atoms with Crippen molar-refractivity contribution < 1.29 is 4.39 Å². The fourth-order valence-corrected chi connectivity index (χ4v) is 3.65. The van der Waals surface area contributed by atoms with Crippen LogP contribution in [0, 0.1) is 5.82 Å². The lowest BCUT2D eigenvalue weighted by Gasteiger charge is -2.08. The van der Waals surface area contributed by atoms with E-state index < -0.39 is 0 Å². The molecule has 0 aromatic heterocycles. The van der Waals surface area contributed by atoms with Crippen LogP contribution in [-0.2, 0) is 25.7 Å². The van der Waals surface area contributed by atoms with E-state index in [0.717, 1.165) is 49.7 Å². The van der Waals surface area contributed by atoms with Crippen molar-refractivity contribution in [1.82, 2.24) is 0 Å². The van der Waals surface area contributed by atoms with Crippen LogP contribution in [0.2, 0.25) is 0 Å². The SMILES string of the molecule is C=CCCc1ccc(-c2ccc(CCc3ccc(CC/C=C/C)cc3)cc2F)cc1. The van der Waals surface area contributed by atoms with E-state index >= 15 is 0 Å². The highest BCUT2D eigenvalue weighted by Crippen LogP contribution is 2.25. The van der Waals surface area contributed by atoms with Gasteiger partial charge in [0.1, 0.15) is 5.82 Å². The Morgan fingerprint density at radius 3 is 1.83 bits per heavy atom. The van der Waals surface area contributed by atoms with Crippen LogP contribution in [0.3, 0.4) is 0 Å². The molecule has 3 aromatic rings. The van der Waals surface area contributed by atoms with E-state index in [0.29, 0.717) is 5.56 Å².